The van der Waals surface area contributed by atoms with Gasteiger partial charge in [-0.1, -0.05) is 39.2 Å². The van der Waals surface area contributed by atoms with E-state index in [4.69, 9.17) is 0 Å². The first kappa shape index (κ1) is 17.1. The minimum atomic E-state index is -0.456. The van der Waals surface area contributed by atoms with Crippen molar-refractivity contribution in [2.75, 3.05) is 6.54 Å². The van der Waals surface area contributed by atoms with Crippen molar-refractivity contribution >= 4 is 11.6 Å². The van der Waals surface area contributed by atoms with E-state index in [1.807, 2.05) is 0 Å². The maximum atomic E-state index is 12.1. The number of benzene rings is 1. The summed E-state index contributed by atoms with van der Waals surface area (Å²) in [6.45, 7) is 6.55. The van der Waals surface area contributed by atoms with Crippen molar-refractivity contribution in [1.29, 1.82) is 0 Å². The highest BCUT2D eigenvalue weighted by Crippen LogP contribution is 2.19. The van der Waals surface area contributed by atoms with E-state index >= 15 is 0 Å². The lowest BCUT2D eigenvalue weighted by molar-refractivity contribution is -0.385. The maximum absolute atomic E-state index is 12.1. The second kappa shape index (κ2) is 8.39. The molecule has 1 unspecified atom stereocenters. The second-order valence-electron chi connectivity index (χ2n) is 5.38. The van der Waals surface area contributed by atoms with Gasteiger partial charge in [-0.25, -0.2) is 0 Å². The van der Waals surface area contributed by atoms with E-state index in [1.54, 1.807) is 19.1 Å². The average molecular weight is 292 g/mol. The van der Waals surface area contributed by atoms with Crippen molar-refractivity contribution in [3.63, 3.8) is 0 Å². The van der Waals surface area contributed by atoms with Gasteiger partial charge in [0.05, 0.1) is 4.92 Å². The van der Waals surface area contributed by atoms with Gasteiger partial charge in [0.25, 0.3) is 11.6 Å². The summed E-state index contributed by atoms with van der Waals surface area (Å²) in [6.07, 6.45) is 4.43. The van der Waals surface area contributed by atoms with E-state index in [9.17, 15) is 14.9 Å². The molecule has 0 radical (unpaired) electrons. The fourth-order valence-electron chi connectivity index (χ4n) is 2.23. The molecular weight excluding hydrogens is 268 g/mol. The number of nitro groups is 1. The Hall–Kier alpha value is -1.91. The summed E-state index contributed by atoms with van der Waals surface area (Å²) in [7, 11) is 0. The molecular formula is C16H24N2O3. The normalized spacial score (nSPS) is 12.0. The van der Waals surface area contributed by atoms with Gasteiger partial charge in [0, 0.05) is 23.7 Å². The minimum absolute atomic E-state index is 0.0133. The number of hydrogen-bond donors (Lipinski definition) is 1. The first-order chi connectivity index (χ1) is 9.99. The number of amides is 1. The summed E-state index contributed by atoms with van der Waals surface area (Å²) in [4.78, 5) is 22.5. The van der Waals surface area contributed by atoms with Crippen LogP contribution in [0.15, 0.2) is 18.2 Å². The van der Waals surface area contributed by atoms with Crippen LogP contribution < -0.4 is 5.32 Å². The number of nitrogens with one attached hydrogen (secondary N) is 1. The van der Waals surface area contributed by atoms with Gasteiger partial charge in [0.1, 0.15) is 0 Å². The minimum Gasteiger partial charge on any atom is -0.352 e. The summed E-state index contributed by atoms with van der Waals surface area (Å²) < 4.78 is 0. The molecule has 0 fully saturated rings. The molecule has 0 aromatic heterocycles. The van der Waals surface area contributed by atoms with Crippen molar-refractivity contribution in [3.05, 3.63) is 39.4 Å². The SMILES string of the molecule is CCCCC(CC)CNC(=O)c1ccc(C)c([N+](=O)[O-])c1. The van der Waals surface area contributed by atoms with E-state index in [0.717, 1.165) is 25.7 Å². The number of nitrogens with zero attached hydrogens (tertiary/aromatic N) is 1. The third-order valence-electron chi connectivity index (χ3n) is 3.76. The molecule has 0 spiro atoms. The molecule has 0 aliphatic heterocycles. The van der Waals surface area contributed by atoms with Crippen molar-refractivity contribution in [2.24, 2.45) is 5.92 Å². The van der Waals surface area contributed by atoms with E-state index in [0.29, 0.717) is 23.6 Å². The van der Waals surface area contributed by atoms with E-state index in [1.165, 1.54) is 6.07 Å². The van der Waals surface area contributed by atoms with Crippen LogP contribution in [0.25, 0.3) is 0 Å². The lowest BCUT2D eigenvalue weighted by Crippen LogP contribution is -2.29. The molecule has 0 saturated carbocycles. The molecule has 1 rings (SSSR count). The zero-order valence-electron chi connectivity index (χ0n) is 13.0. The van der Waals surface area contributed by atoms with Crippen molar-refractivity contribution in [1.82, 2.24) is 5.32 Å². The lowest BCUT2D eigenvalue weighted by atomic mass is 9.99. The monoisotopic (exact) mass is 292 g/mol. The molecule has 116 valence electrons. The van der Waals surface area contributed by atoms with Gasteiger partial charge in [-0.2, -0.15) is 0 Å². The molecule has 21 heavy (non-hydrogen) atoms. The van der Waals surface area contributed by atoms with Gasteiger partial charge >= 0.3 is 0 Å². The Bertz CT molecular complexity index is 500. The van der Waals surface area contributed by atoms with Crippen LogP contribution in [0.1, 0.15) is 55.5 Å². The largest absolute Gasteiger partial charge is 0.352 e. The van der Waals surface area contributed by atoms with E-state index in [2.05, 4.69) is 19.2 Å². The van der Waals surface area contributed by atoms with Gasteiger partial charge in [0.2, 0.25) is 0 Å². The molecule has 1 atom stereocenters. The maximum Gasteiger partial charge on any atom is 0.273 e. The smallest absolute Gasteiger partial charge is 0.273 e. The van der Waals surface area contributed by atoms with Crippen LogP contribution in [0.3, 0.4) is 0 Å². The molecule has 1 amide bonds. The van der Waals surface area contributed by atoms with E-state index in [-0.39, 0.29) is 11.6 Å². The molecule has 0 bridgehead atoms. The molecule has 0 saturated heterocycles. The first-order valence-corrected chi connectivity index (χ1v) is 7.52. The highest BCUT2D eigenvalue weighted by molar-refractivity contribution is 5.94. The highest BCUT2D eigenvalue weighted by atomic mass is 16.6. The molecule has 1 N–H and O–H groups in total. The predicted octanol–water partition coefficient (Wildman–Crippen LogP) is 3.85. The molecule has 5 nitrogen and oxygen atoms in total. The molecule has 0 heterocycles. The fourth-order valence-corrected chi connectivity index (χ4v) is 2.23. The molecule has 1 aromatic carbocycles. The number of hydrogen-bond acceptors (Lipinski definition) is 3. The third kappa shape index (κ3) is 5.17. The summed E-state index contributed by atoms with van der Waals surface area (Å²) in [5.41, 5.74) is 0.893. The van der Waals surface area contributed by atoms with Crippen LogP contribution in [0, 0.1) is 23.0 Å². The molecule has 1 aromatic rings. The highest BCUT2D eigenvalue weighted by Gasteiger charge is 2.15. The Kier molecular flexibility index (Phi) is 6.85. The molecule has 5 heteroatoms. The van der Waals surface area contributed by atoms with Crippen LogP contribution in [-0.4, -0.2) is 17.4 Å². The van der Waals surface area contributed by atoms with Crippen molar-refractivity contribution < 1.29 is 9.72 Å². The van der Waals surface area contributed by atoms with Gasteiger partial charge < -0.3 is 5.32 Å². The van der Waals surface area contributed by atoms with Crippen LogP contribution in [0.4, 0.5) is 5.69 Å². The van der Waals surface area contributed by atoms with Crippen LogP contribution in [0.5, 0.6) is 0 Å². The molecule has 0 aliphatic carbocycles. The number of aryl methyl sites for hydroxylation is 1. The number of carbonyl (C=O) groups excluding carboxylic acids is 1. The van der Waals surface area contributed by atoms with Crippen molar-refractivity contribution in [3.8, 4) is 0 Å². The zero-order chi connectivity index (χ0) is 15.8. The van der Waals surface area contributed by atoms with Gasteiger partial charge in [-0.15, -0.1) is 0 Å². The predicted molar refractivity (Wildman–Crippen MR) is 83.5 cm³/mol. The third-order valence-corrected chi connectivity index (χ3v) is 3.76. The van der Waals surface area contributed by atoms with Gasteiger partial charge in [-0.3, -0.25) is 14.9 Å². The van der Waals surface area contributed by atoms with Crippen LogP contribution in [0.2, 0.25) is 0 Å². The number of nitro benzene ring substituents is 1. The average Bonchev–Trinajstić information content (AvgIpc) is 2.47. The Balaban J connectivity index is 2.67. The summed E-state index contributed by atoms with van der Waals surface area (Å²) in [6, 6.07) is 4.59. The lowest BCUT2D eigenvalue weighted by Gasteiger charge is -2.15. The molecule has 0 aliphatic rings. The van der Waals surface area contributed by atoms with Crippen LogP contribution >= 0.6 is 0 Å². The summed E-state index contributed by atoms with van der Waals surface area (Å²) in [5.74, 6) is 0.224. The topological polar surface area (TPSA) is 72.2 Å². The number of unbranched alkanes of at least 4 members (excludes halogenated alkanes) is 1. The Morgan fingerprint density at radius 3 is 2.67 bits per heavy atom. The van der Waals surface area contributed by atoms with Gasteiger partial charge in [-0.05, 0) is 25.3 Å². The Morgan fingerprint density at radius 1 is 1.38 bits per heavy atom. The van der Waals surface area contributed by atoms with Crippen molar-refractivity contribution in [2.45, 2.75) is 46.5 Å². The zero-order valence-corrected chi connectivity index (χ0v) is 13.0. The number of rotatable bonds is 8. The number of carbonyl (C=O) groups is 1. The summed E-state index contributed by atoms with van der Waals surface area (Å²) >= 11 is 0. The first-order valence-electron chi connectivity index (χ1n) is 7.52. The second-order valence-corrected chi connectivity index (χ2v) is 5.38. The van der Waals surface area contributed by atoms with Gasteiger partial charge in [0.15, 0.2) is 0 Å². The Morgan fingerprint density at radius 2 is 2.10 bits per heavy atom. The fraction of sp³-hybridized carbons (Fsp3) is 0.562. The quantitative estimate of drug-likeness (QED) is 0.584. The van der Waals surface area contributed by atoms with Crippen LogP contribution in [-0.2, 0) is 0 Å². The van der Waals surface area contributed by atoms with E-state index < -0.39 is 4.92 Å². The summed E-state index contributed by atoms with van der Waals surface area (Å²) in [5, 5.41) is 13.8. The standard InChI is InChI=1S/C16H24N2O3/c1-4-6-7-13(5-2)11-17-16(19)14-9-8-12(3)15(10-14)18(20)21/h8-10,13H,4-7,11H2,1-3H3,(H,17,19). The Labute approximate surface area is 125 Å².